The standard InChI is InChI=1S/C15H20ClNO2/c1-11(10-17-5-6-18-2)7-14-9-12-8-13(16)3-4-15(12)19-14/h3-4,8-9,11,17H,5-7,10H2,1-2H3. The summed E-state index contributed by atoms with van der Waals surface area (Å²) in [6, 6.07) is 7.79. The van der Waals surface area contributed by atoms with Gasteiger partial charge in [0, 0.05) is 30.5 Å². The number of methoxy groups -OCH3 is 1. The number of nitrogens with one attached hydrogen (secondary N) is 1. The number of halogens is 1. The molecule has 0 saturated heterocycles. The smallest absolute Gasteiger partial charge is 0.134 e. The number of ether oxygens (including phenoxy) is 1. The average Bonchev–Trinajstić information content (AvgIpc) is 2.76. The highest BCUT2D eigenvalue weighted by Crippen LogP contribution is 2.24. The van der Waals surface area contributed by atoms with Crippen LogP contribution in [0.2, 0.25) is 5.02 Å². The lowest BCUT2D eigenvalue weighted by Gasteiger charge is -2.10. The Kier molecular flexibility index (Phi) is 5.25. The van der Waals surface area contributed by atoms with Crippen LogP contribution < -0.4 is 5.32 Å². The fourth-order valence-corrected chi connectivity index (χ4v) is 2.29. The van der Waals surface area contributed by atoms with E-state index >= 15 is 0 Å². The molecule has 0 spiro atoms. The van der Waals surface area contributed by atoms with Crippen LogP contribution in [-0.4, -0.2) is 26.8 Å². The SMILES string of the molecule is COCCNCC(C)Cc1cc2cc(Cl)ccc2o1. The van der Waals surface area contributed by atoms with Crippen LogP contribution in [-0.2, 0) is 11.2 Å². The molecule has 0 radical (unpaired) electrons. The van der Waals surface area contributed by atoms with Crippen molar-refractivity contribution in [2.75, 3.05) is 26.8 Å². The molecule has 0 saturated carbocycles. The molecule has 1 unspecified atom stereocenters. The number of hydrogen-bond donors (Lipinski definition) is 1. The summed E-state index contributed by atoms with van der Waals surface area (Å²) < 4.78 is 10.8. The molecule has 2 aromatic rings. The van der Waals surface area contributed by atoms with Crippen LogP contribution in [0.1, 0.15) is 12.7 Å². The molecule has 0 bridgehead atoms. The van der Waals surface area contributed by atoms with E-state index in [-0.39, 0.29) is 0 Å². The van der Waals surface area contributed by atoms with Crippen LogP contribution in [0.15, 0.2) is 28.7 Å². The van der Waals surface area contributed by atoms with Crippen LogP contribution >= 0.6 is 11.6 Å². The molecule has 0 aliphatic heterocycles. The molecule has 1 heterocycles. The molecule has 3 nitrogen and oxygen atoms in total. The molecule has 4 heteroatoms. The van der Waals surface area contributed by atoms with E-state index in [2.05, 4.69) is 18.3 Å². The third kappa shape index (κ3) is 4.23. The molecular weight excluding hydrogens is 262 g/mol. The fraction of sp³-hybridized carbons (Fsp3) is 0.467. The van der Waals surface area contributed by atoms with Crippen molar-refractivity contribution in [2.24, 2.45) is 5.92 Å². The number of furan rings is 1. The van der Waals surface area contributed by atoms with Gasteiger partial charge in [-0.3, -0.25) is 0 Å². The van der Waals surface area contributed by atoms with Gasteiger partial charge in [-0.05, 0) is 36.7 Å². The normalized spacial score (nSPS) is 13.0. The average molecular weight is 282 g/mol. The molecule has 2 rings (SSSR count). The predicted octanol–water partition coefficient (Wildman–Crippen LogP) is 3.50. The minimum Gasteiger partial charge on any atom is -0.461 e. The van der Waals surface area contributed by atoms with Gasteiger partial charge in [0.15, 0.2) is 0 Å². The first-order valence-electron chi connectivity index (χ1n) is 6.56. The molecule has 0 amide bonds. The summed E-state index contributed by atoms with van der Waals surface area (Å²) >= 11 is 5.97. The molecule has 104 valence electrons. The van der Waals surface area contributed by atoms with E-state index in [9.17, 15) is 0 Å². The summed E-state index contributed by atoms with van der Waals surface area (Å²) in [6.45, 7) is 4.80. The Morgan fingerprint density at radius 3 is 3.00 bits per heavy atom. The van der Waals surface area contributed by atoms with Gasteiger partial charge in [-0.2, -0.15) is 0 Å². The van der Waals surface area contributed by atoms with Gasteiger partial charge in [-0.25, -0.2) is 0 Å². The lowest BCUT2D eigenvalue weighted by molar-refractivity contribution is 0.198. The van der Waals surface area contributed by atoms with Gasteiger partial charge >= 0.3 is 0 Å². The number of benzene rings is 1. The fourth-order valence-electron chi connectivity index (χ4n) is 2.11. The highest BCUT2D eigenvalue weighted by Gasteiger charge is 2.09. The van der Waals surface area contributed by atoms with Crippen molar-refractivity contribution in [2.45, 2.75) is 13.3 Å². The Bertz CT molecular complexity index is 524. The van der Waals surface area contributed by atoms with Crippen molar-refractivity contribution in [1.82, 2.24) is 5.32 Å². The first-order valence-corrected chi connectivity index (χ1v) is 6.94. The van der Waals surface area contributed by atoms with Gasteiger partial charge in [0.1, 0.15) is 11.3 Å². The highest BCUT2D eigenvalue weighted by molar-refractivity contribution is 6.31. The molecule has 0 aliphatic rings. The number of fused-ring (bicyclic) bond motifs is 1. The Labute approximate surface area is 118 Å². The van der Waals surface area contributed by atoms with Gasteiger partial charge < -0.3 is 14.5 Å². The molecule has 1 aromatic heterocycles. The summed E-state index contributed by atoms with van der Waals surface area (Å²) in [5.74, 6) is 1.53. The van der Waals surface area contributed by atoms with E-state index in [0.717, 1.165) is 47.9 Å². The van der Waals surface area contributed by atoms with Crippen molar-refractivity contribution < 1.29 is 9.15 Å². The van der Waals surface area contributed by atoms with Crippen molar-refractivity contribution in [3.63, 3.8) is 0 Å². The Morgan fingerprint density at radius 2 is 2.21 bits per heavy atom. The van der Waals surface area contributed by atoms with Crippen LogP contribution in [0, 0.1) is 5.92 Å². The largest absolute Gasteiger partial charge is 0.461 e. The van der Waals surface area contributed by atoms with Gasteiger partial charge in [0.25, 0.3) is 0 Å². The summed E-state index contributed by atoms with van der Waals surface area (Å²) in [7, 11) is 1.71. The van der Waals surface area contributed by atoms with Crippen LogP contribution in [0.4, 0.5) is 0 Å². The first kappa shape index (κ1) is 14.4. The van der Waals surface area contributed by atoms with E-state index in [0.29, 0.717) is 5.92 Å². The highest BCUT2D eigenvalue weighted by atomic mass is 35.5. The van der Waals surface area contributed by atoms with Gasteiger partial charge in [0.05, 0.1) is 6.61 Å². The minimum absolute atomic E-state index is 0.521. The summed E-state index contributed by atoms with van der Waals surface area (Å²) in [6.07, 6.45) is 0.923. The van der Waals surface area contributed by atoms with Crippen LogP contribution in [0.5, 0.6) is 0 Å². The maximum atomic E-state index is 5.97. The molecule has 1 N–H and O–H groups in total. The Morgan fingerprint density at radius 1 is 1.37 bits per heavy atom. The van der Waals surface area contributed by atoms with Crippen molar-refractivity contribution in [3.8, 4) is 0 Å². The summed E-state index contributed by atoms with van der Waals surface area (Å²) in [5, 5.41) is 5.18. The first-order chi connectivity index (χ1) is 9.19. The van der Waals surface area contributed by atoms with Crippen molar-refractivity contribution >= 4 is 22.6 Å². The Balaban J connectivity index is 1.89. The molecule has 0 aliphatic carbocycles. The van der Waals surface area contributed by atoms with Gasteiger partial charge in [-0.15, -0.1) is 0 Å². The van der Waals surface area contributed by atoms with E-state index in [4.69, 9.17) is 20.8 Å². The summed E-state index contributed by atoms with van der Waals surface area (Å²) in [5.41, 5.74) is 0.902. The lowest BCUT2D eigenvalue weighted by Crippen LogP contribution is -2.25. The monoisotopic (exact) mass is 281 g/mol. The second kappa shape index (κ2) is 6.94. The van der Waals surface area contributed by atoms with E-state index < -0.39 is 0 Å². The quantitative estimate of drug-likeness (QED) is 0.789. The molecule has 1 atom stereocenters. The third-order valence-electron chi connectivity index (χ3n) is 3.05. The Hall–Kier alpha value is -1.03. The third-order valence-corrected chi connectivity index (χ3v) is 3.29. The van der Waals surface area contributed by atoms with Crippen LogP contribution in [0.3, 0.4) is 0 Å². The molecular formula is C15H20ClNO2. The molecule has 1 aromatic carbocycles. The zero-order valence-corrected chi connectivity index (χ0v) is 12.2. The van der Waals surface area contributed by atoms with E-state index in [1.165, 1.54) is 0 Å². The second-order valence-electron chi connectivity index (χ2n) is 4.90. The number of hydrogen-bond acceptors (Lipinski definition) is 3. The maximum Gasteiger partial charge on any atom is 0.134 e. The topological polar surface area (TPSA) is 34.4 Å². The predicted molar refractivity (Wildman–Crippen MR) is 78.8 cm³/mol. The second-order valence-corrected chi connectivity index (χ2v) is 5.34. The summed E-state index contributed by atoms with van der Waals surface area (Å²) in [4.78, 5) is 0. The van der Waals surface area contributed by atoms with Gasteiger partial charge in [-0.1, -0.05) is 18.5 Å². The lowest BCUT2D eigenvalue weighted by atomic mass is 10.1. The van der Waals surface area contributed by atoms with Crippen molar-refractivity contribution in [3.05, 3.63) is 35.0 Å². The van der Waals surface area contributed by atoms with Crippen LogP contribution in [0.25, 0.3) is 11.0 Å². The molecule has 0 fully saturated rings. The minimum atomic E-state index is 0.521. The zero-order valence-electron chi connectivity index (χ0n) is 11.4. The molecule has 19 heavy (non-hydrogen) atoms. The zero-order chi connectivity index (χ0) is 13.7. The van der Waals surface area contributed by atoms with E-state index in [1.807, 2.05) is 18.2 Å². The van der Waals surface area contributed by atoms with E-state index in [1.54, 1.807) is 7.11 Å². The van der Waals surface area contributed by atoms with Gasteiger partial charge in [0.2, 0.25) is 0 Å². The maximum absolute atomic E-state index is 5.97. The number of rotatable bonds is 7. The van der Waals surface area contributed by atoms with Crippen molar-refractivity contribution in [1.29, 1.82) is 0 Å².